The lowest BCUT2D eigenvalue weighted by molar-refractivity contribution is -0.0333. The number of aliphatic hydroxyl groups is 1. The van der Waals surface area contributed by atoms with Gasteiger partial charge in [-0.2, -0.15) is 0 Å². The van der Waals surface area contributed by atoms with Gasteiger partial charge in [-0.1, -0.05) is 66.3 Å². The topological polar surface area (TPSA) is 145 Å². The van der Waals surface area contributed by atoms with Gasteiger partial charge in [0.1, 0.15) is 11.4 Å². The van der Waals surface area contributed by atoms with Crippen LogP contribution in [0.5, 0.6) is 5.75 Å². The van der Waals surface area contributed by atoms with E-state index in [9.17, 15) is 26.7 Å². The molecule has 1 unspecified atom stereocenters. The summed E-state index contributed by atoms with van der Waals surface area (Å²) >= 11 is 12.4. The molecule has 4 fully saturated rings. The summed E-state index contributed by atoms with van der Waals surface area (Å²) in [6.45, 7) is 11.1. The number of nitrogens with one attached hydrogen (secondary N) is 2. The van der Waals surface area contributed by atoms with Crippen molar-refractivity contribution in [1.82, 2.24) is 14.9 Å². The molecule has 3 N–H and O–H groups in total. The number of halogens is 2. The molecular formula is C45H64ClIN4O7S4. The average molecular weight is 1060 g/mol. The quantitative estimate of drug-likeness (QED) is 0.155. The van der Waals surface area contributed by atoms with Crippen LogP contribution in [0, 0.1) is 17.8 Å². The molecule has 1 spiro atoms. The first-order valence-electron chi connectivity index (χ1n) is 22.3. The molecule has 2 aromatic carbocycles. The highest BCUT2D eigenvalue weighted by Gasteiger charge is 2.52. The van der Waals surface area contributed by atoms with Gasteiger partial charge in [-0.05, 0) is 127 Å². The van der Waals surface area contributed by atoms with Crippen LogP contribution in [0.15, 0.2) is 48.6 Å². The summed E-state index contributed by atoms with van der Waals surface area (Å²) in [6, 6.07) is 11.7. The Kier molecular flexibility index (Phi) is 16.3. The van der Waals surface area contributed by atoms with E-state index in [1.54, 1.807) is 19.1 Å². The molecule has 344 valence electrons. The van der Waals surface area contributed by atoms with E-state index in [1.165, 1.54) is 15.6 Å². The average Bonchev–Trinajstić information content (AvgIpc) is 3.38. The molecule has 7 aliphatic rings. The molecular weight excluding hydrogens is 999 g/mol. The van der Waals surface area contributed by atoms with E-state index in [0.29, 0.717) is 43.4 Å². The molecule has 5 aliphatic heterocycles. The number of fused-ring (bicyclic) bond motifs is 5. The summed E-state index contributed by atoms with van der Waals surface area (Å²) in [5.41, 5.74) is 2.32. The zero-order chi connectivity index (χ0) is 44.3. The Hall–Kier alpha value is -1.25. The fourth-order valence-corrected chi connectivity index (χ4v) is 16.5. The van der Waals surface area contributed by atoms with Gasteiger partial charge in [0, 0.05) is 61.3 Å². The van der Waals surface area contributed by atoms with Gasteiger partial charge in [-0.25, -0.2) is 21.6 Å². The van der Waals surface area contributed by atoms with E-state index in [2.05, 4.69) is 61.5 Å². The van der Waals surface area contributed by atoms with Crippen molar-refractivity contribution in [1.29, 1.82) is 0 Å². The Morgan fingerprint density at radius 2 is 1.82 bits per heavy atom. The fourth-order valence-electron chi connectivity index (χ4n) is 10.2. The van der Waals surface area contributed by atoms with Gasteiger partial charge in [-0.3, -0.25) is 9.69 Å². The van der Waals surface area contributed by atoms with Crippen LogP contribution >= 0.6 is 57.7 Å². The third-order valence-corrected chi connectivity index (χ3v) is 21.1. The lowest BCUT2D eigenvalue weighted by Crippen LogP contribution is -2.58. The number of piperazine rings is 1. The second-order valence-electron chi connectivity index (χ2n) is 18.1. The lowest BCUT2D eigenvalue weighted by atomic mass is 9.64. The van der Waals surface area contributed by atoms with Gasteiger partial charge in [0.2, 0.25) is 10.0 Å². The van der Waals surface area contributed by atoms with E-state index in [-0.39, 0.29) is 39.4 Å². The number of carbonyl (C=O) groups is 1. The van der Waals surface area contributed by atoms with Crippen LogP contribution in [-0.4, -0.2) is 128 Å². The van der Waals surface area contributed by atoms with Crippen molar-refractivity contribution in [3.63, 3.8) is 0 Å². The maximum atomic E-state index is 13.5. The van der Waals surface area contributed by atoms with Crippen LogP contribution in [0.1, 0.15) is 80.8 Å². The Labute approximate surface area is 397 Å². The highest BCUT2D eigenvalue weighted by atomic mass is 127. The van der Waals surface area contributed by atoms with E-state index in [0.717, 1.165) is 86.9 Å². The smallest absolute Gasteiger partial charge is 0.264 e. The minimum atomic E-state index is -3.95. The van der Waals surface area contributed by atoms with Crippen LogP contribution < -0.4 is 19.7 Å². The number of ether oxygens (including phenoxy) is 1. The summed E-state index contributed by atoms with van der Waals surface area (Å²) in [5, 5.41) is 15.8. The molecule has 5 heterocycles. The van der Waals surface area contributed by atoms with E-state index >= 15 is 0 Å². The number of benzene rings is 2. The lowest BCUT2D eigenvalue weighted by Gasteiger charge is -2.51. The van der Waals surface area contributed by atoms with Crippen molar-refractivity contribution >= 4 is 89.2 Å². The third kappa shape index (κ3) is 11.0. The van der Waals surface area contributed by atoms with Crippen molar-refractivity contribution in [3.05, 3.63) is 70.3 Å². The van der Waals surface area contributed by atoms with Gasteiger partial charge in [0.25, 0.3) is 5.91 Å². The van der Waals surface area contributed by atoms with E-state index in [4.69, 9.17) is 16.3 Å². The first kappa shape index (κ1) is 48.7. The molecule has 17 heteroatoms. The number of allylic oxidation sites excluding steroid dienone is 1. The molecule has 3 saturated heterocycles. The SMILES string of the molecule is CCI.C[C@@H]1[C@@H](C)C/C=C/[C@](O)(C2SCCCS2)[C@@H]2CC[C@H]2CN2C[C@@]3(CCCc4cc(Cl)ccc43)COc3ccc(cc32)C(=O)NS1(=O)=O.O=S1(=O)CCN2CCNCC2C1. The number of anilines is 1. The van der Waals surface area contributed by atoms with Gasteiger partial charge < -0.3 is 20.1 Å². The van der Waals surface area contributed by atoms with Crippen molar-refractivity contribution in [2.45, 2.75) is 92.6 Å². The number of thioether (sulfide) groups is 2. The van der Waals surface area contributed by atoms with Gasteiger partial charge in [0.05, 0.1) is 33.6 Å². The normalized spacial score (nSPS) is 33.7. The Balaban J connectivity index is 0.000000325. The number of aryl methyl sites for hydroxylation is 1. The number of sulfonamides is 1. The van der Waals surface area contributed by atoms with Crippen LogP contribution in [-0.2, 0) is 31.7 Å². The number of hydrogen-bond donors (Lipinski definition) is 3. The first-order valence-corrected chi connectivity index (χ1v) is 29.7. The van der Waals surface area contributed by atoms with Crippen LogP contribution in [0.2, 0.25) is 5.02 Å². The largest absolute Gasteiger partial charge is 0.490 e. The number of rotatable bonds is 1. The third-order valence-electron chi connectivity index (χ3n) is 14.0. The van der Waals surface area contributed by atoms with Crippen LogP contribution in [0.25, 0.3) is 0 Å². The molecule has 2 aliphatic carbocycles. The first-order chi connectivity index (χ1) is 29.6. The zero-order valence-corrected chi connectivity index (χ0v) is 42.4. The number of alkyl halides is 1. The maximum Gasteiger partial charge on any atom is 0.264 e. The summed E-state index contributed by atoms with van der Waals surface area (Å²) in [6.07, 6.45) is 10.5. The minimum Gasteiger partial charge on any atom is -0.490 e. The summed E-state index contributed by atoms with van der Waals surface area (Å²) in [7, 11) is -6.69. The van der Waals surface area contributed by atoms with E-state index in [1.807, 2.05) is 54.7 Å². The van der Waals surface area contributed by atoms with Gasteiger partial charge in [-0.15, -0.1) is 23.5 Å². The zero-order valence-electron chi connectivity index (χ0n) is 36.2. The Bertz CT molecular complexity index is 2160. The second kappa shape index (κ2) is 20.7. The highest BCUT2D eigenvalue weighted by Crippen LogP contribution is 2.53. The van der Waals surface area contributed by atoms with Crippen molar-refractivity contribution < 1.29 is 31.5 Å². The summed E-state index contributed by atoms with van der Waals surface area (Å²) in [4.78, 5) is 18.2. The molecule has 9 rings (SSSR count). The maximum absolute atomic E-state index is 13.5. The van der Waals surface area contributed by atoms with Crippen LogP contribution in [0.3, 0.4) is 0 Å². The van der Waals surface area contributed by atoms with Gasteiger partial charge >= 0.3 is 0 Å². The minimum absolute atomic E-state index is 0.0302. The predicted octanol–water partition coefficient (Wildman–Crippen LogP) is 6.94. The fraction of sp³-hybridized carbons (Fsp3) is 0.667. The Morgan fingerprint density at radius 1 is 1.05 bits per heavy atom. The van der Waals surface area contributed by atoms with Crippen LogP contribution in [0.4, 0.5) is 5.69 Å². The highest BCUT2D eigenvalue weighted by molar-refractivity contribution is 14.1. The standard InChI is InChI=1S/C36H45ClN2O5S3.C7H14N2O2S.C2H5I/c1-23-6-3-15-36(41,34-45-16-5-17-46-34)30-11-8-27(30)20-39-21-35(14-4-7-25-18-28(37)10-12-29(25)35)22-44-32-13-9-26(19-31(32)39)33(40)38-47(42,43)24(23)2;10-12(11)4-3-9-2-1-8-5-7(9)6-12;1-2-3/h3,9-10,12-13,15,18-19,23-24,27,30,34,41H,4-8,11,14,16-17,20-22H2,1-2H3,(H,38,40);7-8H,1-6H2;2H2,1H3/b15-3+;;/t23-,24+,27-,30+,35-,36+;;/m0../s1. The summed E-state index contributed by atoms with van der Waals surface area (Å²) < 4.78 is 59.6. The molecule has 11 nitrogen and oxygen atoms in total. The predicted molar refractivity (Wildman–Crippen MR) is 265 cm³/mol. The molecule has 2 aromatic rings. The van der Waals surface area contributed by atoms with E-state index < -0.39 is 36.6 Å². The molecule has 0 aromatic heterocycles. The van der Waals surface area contributed by atoms with Crippen molar-refractivity contribution in [3.8, 4) is 5.75 Å². The molecule has 62 heavy (non-hydrogen) atoms. The number of nitrogens with zero attached hydrogens (tertiary/aromatic N) is 2. The Morgan fingerprint density at radius 3 is 2.56 bits per heavy atom. The molecule has 2 bridgehead atoms. The number of hydrogen-bond acceptors (Lipinski definition) is 12. The van der Waals surface area contributed by atoms with Crippen molar-refractivity contribution in [2.24, 2.45) is 17.8 Å². The molecule has 1 amide bonds. The molecule has 7 atom stereocenters. The number of sulfone groups is 1. The van der Waals surface area contributed by atoms with Crippen molar-refractivity contribution in [2.75, 3.05) is 78.2 Å². The second-order valence-corrected chi connectivity index (χ2v) is 27.1. The van der Waals surface area contributed by atoms with Gasteiger partial charge in [0.15, 0.2) is 9.84 Å². The molecule has 1 saturated carbocycles. The number of amides is 1. The molecule has 0 radical (unpaired) electrons. The summed E-state index contributed by atoms with van der Waals surface area (Å²) in [5.74, 6) is 2.87. The monoisotopic (exact) mass is 1060 g/mol. The number of carbonyl (C=O) groups excluding carboxylic acids is 1.